The Morgan fingerprint density at radius 1 is 0.449 bits per heavy atom. The molecule has 9 aromatic carbocycles. The van der Waals surface area contributed by atoms with Gasteiger partial charge in [-0.15, -0.1) is 0 Å². The van der Waals surface area contributed by atoms with E-state index in [2.05, 4.69) is 246 Å². The Morgan fingerprint density at radius 3 is 1.70 bits per heavy atom. The third kappa shape index (κ3) is 6.92. The summed E-state index contributed by atoms with van der Waals surface area (Å²) in [7, 11) is 0. The molecule has 1 aliphatic heterocycles. The lowest BCUT2D eigenvalue weighted by Crippen LogP contribution is -2.25. The molecule has 2 atom stereocenters. The third-order valence-corrected chi connectivity index (χ3v) is 15.5. The van der Waals surface area contributed by atoms with E-state index in [1.807, 2.05) is 0 Å². The molecule has 0 bridgehead atoms. The van der Waals surface area contributed by atoms with Gasteiger partial charge in [0.05, 0.1) is 16.8 Å². The van der Waals surface area contributed by atoms with Crippen molar-refractivity contribution in [3.05, 3.63) is 280 Å². The van der Waals surface area contributed by atoms with Gasteiger partial charge < -0.3 is 0 Å². The lowest BCUT2D eigenvalue weighted by atomic mass is 9.70. The molecular weight excluding hydrogens is 833 g/mol. The van der Waals surface area contributed by atoms with Crippen molar-refractivity contribution in [3.8, 4) is 44.5 Å². The summed E-state index contributed by atoms with van der Waals surface area (Å²) in [5.41, 5.74) is 26.0. The molecule has 2 nitrogen and oxygen atoms in total. The molecule has 69 heavy (non-hydrogen) atoms. The Labute approximate surface area is 407 Å². The number of aliphatic imine (C=N–C) groups is 2. The Kier molecular flexibility index (Phi) is 10.6. The number of hydrogen-bond acceptors (Lipinski definition) is 2. The van der Waals surface area contributed by atoms with Crippen LogP contribution in [0.5, 0.6) is 0 Å². The smallest absolute Gasteiger partial charge is 0.160 e. The average Bonchev–Trinajstić information content (AvgIpc) is 3.83. The van der Waals surface area contributed by atoms with Gasteiger partial charge in [-0.2, -0.15) is 0 Å². The number of amidine groups is 1. The maximum Gasteiger partial charge on any atom is 0.160 e. The molecule has 0 aromatic heterocycles. The SMILES string of the molecule is CCC(Cc1ccccc1-c1ccc2c(c1C)-c1ccccc1C21c2ccccc2-c2ccccc21)c1cccc(C2=C(C)C(C)C(c3ccccc3)=NC(c3cccc(-c4ccccc4)c3)=N2)c1. The minimum Gasteiger partial charge on any atom is -0.232 e. The van der Waals surface area contributed by atoms with Crippen LogP contribution in [0.15, 0.2) is 234 Å². The molecule has 1 heterocycles. The van der Waals surface area contributed by atoms with Gasteiger partial charge in [0.2, 0.25) is 0 Å². The number of rotatable bonds is 9. The lowest BCUT2D eigenvalue weighted by Gasteiger charge is -2.30. The summed E-state index contributed by atoms with van der Waals surface area (Å²) in [6, 6.07) is 80.4. The van der Waals surface area contributed by atoms with Gasteiger partial charge in [-0.05, 0) is 139 Å². The Hall–Kier alpha value is -7.94. The zero-order chi connectivity index (χ0) is 46.6. The molecule has 0 radical (unpaired) electrons. The number of fused-ring (bicyclic) bond motifs is 10. The van der Waals surface area contributed by atoms with Crippen LogP contribution in [0.25, 0.3) is 50.2 Å². The van der Waals surface area contributed by atoms with Gasteiger partial charge in [0.15, 0.2) is 5.84 Å². The molecule has 0 saturated heterocycles. The van der Waals surface area contributed by atoms with Crippen LogP contribution in [0.2, 0.25) is 0 Å². The van der Waals surface area contributed by atoms with E-state index in [4.69, 9.17) is 9.98 Å². The van der Waals surface area contributed by atoms with Crippen molar-refractivity contribution in [3.63, 3.8) is 0 Å². The maximum atomic E-state index is 5.54. The topological polar surface area (TPSA) is 24.7 Å². The standard InChI is InChI=1S/C67H54N2/c1-5-46(49-27-20-29-52(41-49)65-44(3)43(2)64(48-24-10-7-11-25-48)68-66(69-65)53-30-21-28-50(42-53)47-22-8-6-9-23-47)40-51-26-12-13-31-55(51)54-38-39-62-63(45(54)4)58-34-16-19-37-61(58)67(62)59-35-17-14-32-56(59)57-33-15-18-36-60(57)67/h6-39,41-43,46H,5,40H2,1-4H3. The van der Waals surface area contributed by atoms with E-state index >= 15 is 0 Å². The zero-order valence-electron chi connectivity index (χ0n) is 39.7. The van der Waals surface area contributed by atoms with Gasteiger partial charge in [0.25, 0.3) is 0 Å². The molecule has 2 heteroatoms. The minimum atomic E-state index is -0.352. The minimum absolute atomic E-state index is 0.0500. The summed E-state index contributed by atoms with van der Waals surface area (Å²) in [5, 5.41) is 0. The first-order chi connectivity index (χ1) is 33.9. The van der Waals surface area contributed by atoms with Crippen LogP contribution in [0, 0.1) is 12.8 Å². The molecule has 0 saturated carbocycles. The van der Waals surface area contributed by atoms with Gasteiger partial charge in [-0.3, -0.25) is 0 Å². The summed E-state index contributed by atoms with van der Waals surface area (Å²) >= 11 is 0. The van der Waals surface area contributed by atoms with Crippen LogP contribution in [0.3, 0.4) is 0 Å². The Balaban J connectivity index is 0.926. The fourth-order valence-corrected chi connectivity index (χ4v) is 12.0. The molecule has 0 amide bonds. The summed E-state index contributed by atoms with van der Waals surface area (Å²) in [4.78, 5) is 11.0. The van der Waals surface area contributed by atoms with Crippen molar-refractivity contribution in [2.24, 2.45) is 15.9 Å². The first-order valence-electron chi connectivity index (χ1n) is 24.6. The predicted molar refractivity (Wildman–Crippen MR) is 289 cm³/mol. The molecule has 0 N–H and O–H groups in total. The van der Waals surface area contributed by atoms with Crippen LogP contribution in [-0.2, 0) is 11.8 Å². The molecule has 1 spiro atoms. The second kappa shape index (κ2) is 17.3. The molecule has 2 aliphatic carbocycles. The molecular formula is C67H54N2. The van der Waals surface area contributed by atoms with Gasteiger partial charge >= 0.3 is 0 Å². The summed E-state index contributed by atoms with van der Waals surface area (Å²) in [6.07, 6.45) is 1.93. The Morgan fingerprint density at radius 2 is 1.00 bits per heavy atom. The van der Waals surface area contributed by atoms with E-state index < -0.39 is 0 Å². The first kappa shape index (κ1) is 42.4. The summed E-state index contributed by atoms with van der Waals surface area (Å²) in [6.45, 7) is 9.22. The highest BCUT2D eigenvalue weighted by molar-refractivity contribution is 6.17. The van der Waals surface area contributed by atoms with Crippen molar-refractivity contribution in [1.82, 2.24) is 0 Å². The van der Waals surface area contributed by atoms with Crippen LogP contribution < -0.4 is 0 Å². The summed E-state index contributed by atoms with van der Waals surface area (Å²) < 4.78 is 0. The number of nitrogens with zero attached hydrogens (tertiary/aromatic N) is 2. The highest BCUT2D eigenvalue weighted by Gasteiger charge is 2.52. The summed E-state index contributed by atoms with van der Waals surface area (Å²) in [5.74, 6) is 1.08. The van der Waals surface area contributed by atoms with E-state index in [1.54, 1.807) is 0 Å². The van der Waals surface area contributed by atoms with E-state index in [9.17, 15) is 0 Å². The van der Waals surface area contributed by atoms with Crippen LogP contribution in [0.1, 0.15) is 88.7 Å². The van der Waals surface area contributed by atoms with Gasteiger partial charge in [0, 0.05) is 17.0 Å². The van der Waals surface area contributed by atoms with Crippen LogP contribution in [0.4, 0.5) is 0 Å². The van der Waals surface area contributed by atoms with Gasteiger partial charge in [-0.25, -0.2) is 9.98 Å². The third-order valence-electron chi connectivity index (χ3n) is 15.5. The van der Waals surface area contributed by atoms with E-state index in [-0.39, 0.29) is 11.3 Å². The molecule has 3 aliphatic rings. The zero-order valence-corrected chi connectivity index (χ0v) is 39.7. The molecule has 12 rings (SSSR count). The average molecular weight is 887 g/mol. The molecule has 9 aromatic rings. The van der Waals surface area contributed by atoms with Crippen molar-refractivity contribution in [2.75, 3.05) is 0 Å². The quantitative estimate of drug-likeness (QED) is 0.138. The lowest BCUT2D eigenvalue weighted by molar-refractivity contribution is 0.661. The Bertz CT molecular complexity index is 3510. The van der Waals surface area contributed by atoms with Crippen LogP contribution >= 0.6 is 0 Å². The van der Waals surface area contributed by atoms with Crippen molar-refractivity contribution >= 4 is 17.2 Å². The fraction of sp³-hybridized carbons (Fsp3) is 0.134. The second-order valence-electron chi connectivity index (χ2n) is 19.1. The molecule has 332 valence electrons. The highest BCUT2D eigenvalue weighted by atomic mass is 15.0. The number of benzene rings is 9. The second-order valence-corrected chi connectivity index (χ2v) is 19.1. The van der Waals surface area contributed by atoms with Crippen LogP contribution in [-0.4, -0.2) is 11.5 Å². The van der Waals surface area contributed by atoms with Crippen molar-refractivity contribution in [1.29, 1.82) is 0 Å². The fourth-order valence-electron chi connectivity index (χ4n) is 12.0. The van der Waals surface area contributed by atoms with E-state index in [0.29, 0.717) is 5.92 Å². The largest absolute Gasteiger partial charge is 0.232 e. The van der Waals surface area contributed by atoms with Gasteiger partial charge in [-0.1, -0.05) is 220 Å². The number of allylic oxidation sites excluding steroid dienone is 1. The highest BCUT2D eigenvalue weighted by Crippen LogP contribution is 2.63. The van der Waals surface area contributed by atoms with Gasteiger partial charge in [0.1, 0.15) is 0 Å². The maximum absolute atomic E-state index is 5.54. The first-order valence-corrected chi connectivity index (χ1v) is 24.6. The molecule has 2 unspecified atom stereocenters. The van der Waals surface area contributed by atoms with Crippen molar-refractivity contribution < 1.29 is 0 Å². The van der Waals surface area contributed by atoms with E-state index in [0.717, 1.165) is 52.3 Å². The monoisotopic (exact) mass is 886 g/mol. The predicted octanol–water partition coefficient (Wildman–Crippen LogP) is 16.7. The van der Waals surface area contributed by atoms with Crippen molar-refractivity contribution in [2.45, 2.75) is 51.9 Å². The number of hydrogen-bond donors (Lipinski definition) is 0. The molecule has 0 fully saturated rings. The van der Waals surface area contributed by atoms with E-state index in [1.165, 1.54) is 83.5 Å². The normalized spacial score (nSPS) is 15.7.